The molecule has 1 fully saturated rings. The highest BCUT2D eigenvalue weighted by atomic mass is 16.5. The molecular weight excluding hydrogens is 192 g/mol. The maximum atomic E-state index is 11.9. The van der Waals surface area contributed by atoms with Gasteiger partial charge in [-0.15, -0.1) is 0 Å². The number of hydrogen-bond donors (Lipinski definition) is 0. The molecule has 1 aliphatic rings. The van der Waals surface area contributed by atoms with E-state index in [9.17, 15) is 4.79 Å². The molecule has 4 nitrogen and oxygen atoms in total. The first-order valence-corrected chi connectivity index (χ1v) is 5.44. The molecule has 1 amide bonds. The summed E-state index contributed by atoms with van der Waals surface area (Å²) in [5, 5.41) is 3.82. The summed E-state index contributed by atoms with van der Waals surface area (Å²) < 4.78 is 5.11. The second-order valence-electron chi connectivity index (χ2n) is 4.27. The predicted octanol–water partition coefficient (Wildman–Crippen LogP) is 2.03. The third-order valence-corrected chi connectivity index (χ3v) is 2.71. The van der Waals surface area contributed by atoms with Gasteiger partial charge in [0.05, 0.1) is 0 Å². The van der Waals surface area contributed by atoms with Gasteiger partial charge in [-0.2, -0.15) is 0 Å². The molecule has 82 valence electrons. The van der Waals surface area contributed by atoms with E-state index in [2.05, 4.69) is 5.16 Å². The maximum Gasteiger partial charge on any atom is 0.276 e. The minimum atomic E-state index is 0.00292. The Kier molecular flexibility index (Phi) is 2.75. The van der Waals surface area contributed by atoms with Gasteiger partial charge in [0, 0.05) is 25.1 Å². The summed E-state index contributed by atoms with van der Waals surface area (Å²) >= 11 is 0. The van der Waals surface area contributed by atoms with Crippen LogP contribution >= 0.6 is 0 Å². The van der Waals surface area contributed by atoms with Crippen LogP contribution in [0.2, 0.25) is 0 Å². The van der Waals surface area contributed by atoms with Crippen LogP contribution in [0, 0.1) is 0 Å². The fraction of sp³-hybridized carbons (Fsp3) is 0.636. The average Bonchev–Trinajstić information content (AvgIpc) is 2.88. The van der Waals surface area contributed by atoms with Crippen molar-refractivity contribution in [2.24, 2.45) is 0 Å². The van der Waals surface area contributed by atoms with Gasteiger partial charge in [0.15, 0.2) is 5.69 Å². The zero-order valence-corrected chi connectivity index (χ0v) is 9.19. The Balaban J connectivity index is 2.11. The monoisotopic (exact) mass is 208 g/mol. The number of hydrogen-bond acceptors (Lipinski definition) is 3. The van der Waals surface area contributed by atoms with E-state index in [-0.39, 0.29) is 11.8 Å². The summed E-state index contributed by atoms with van der Waals surface area (Å²) in [5.74, 6) is 1.05. The topological polar surface area (TPSA) is 46.3 Å². The van der Waals surface area contributed by atoms with Crippen LogP contribution in [0.3, 0.4) is 0 Å². The second-order valence-corrected chi connectivity index (χ2v) is 4.27. The predicted molar refractivity (Wildman–Crippen MR) is 55.7 cm³/mol. The van der Waals surface area contributed by atoms with Crippen LogP contribution in [0.1, 0.15) is 48.9 Å². The first-order chi connectivity index (χ1) is 7.18. The Labute approximate surface area is 89.2 Å². The Hall–Kier alpha value is -1.32. The van der Waals surface area contributed by atoms with E-state index in [1.165, 1.54) is 0 Å². The Morgan fingerprint density at radius 1 is 1.47 bits per heavy atom. The van der Waals surface area contributed by atoms with Crippen LogP contribution in [0.25, 0.3) is 0 Å². The highest BCUT2D eigenvalue weighted by Gasteiger charge is 2.22. The van der Waals surface area contributed by atoms with Crippen molar-refractivity contribution >= 4 is 5.91 Å². The van der Waals surface area contributed by atoms with Crippen molar-refractivity contribution in [3.8, 4) is 0 Å². The summed E-state index contributed by atoms with van der Waals surface area (Å²) in [5.41, 5.74) is 0.445. The molecule has 0 bridgehead atoms. The van der Waals surface area contributed by atoms with Crippen LogP contribution in [0.4, 0.5) is 0 Å². The normalized spacial score (nSPS) is 16.3. The van der Waals surface area contributed by atoms with E-state index in [1.807, 2.05) is 18.7 Å². The molecular formula is C11H16N2O2. The number of carbonyl (C=O) groups is 1. The van der Waals surface area contributed by atoms with Gasteiger partial charge in [0.1, 0.15) is 5.76 Å². The molecule has 0 radical (unpaired) electrons. The molecule has 4 heteroatoms. The lowest BCUT2D eigenvalue weighted by Crippen LogP contribution is -2.27. The number of amides is 1. The van der Waals surface area contributed by atoms with Crippen molar-refractivity contribution in [2.45, 2.75) is 32.6 Å². The number of nitrogens with zero attached hydrogens (tertiary/aromatic N) is 2. The summed E-state index contributed by atoms with van der Waals surface area (Å²) in [7, 11) is 0. The van der Waals surface area contributed by atoms with Gasteiger partial charge in [0.25, 0.3) is 5.91 Å². The molecule has 0 atom stereocenters. The van der Waals surface area contributed by atoms with Gasteiger partial charge in [-0.1, -0.05) is 19.0 Å². The minimum Gasteiger partial charge on any atom is -0.360 e. The lowest BCUT2D eigenvalue weighted by Gasteiger charge is -2.12. The van der Waals surface area contributed by atoms with E-state index in [0.717, 1.165) is 31.7 Å². The fourth-order valence-corrected chi connectivity index (χ4v) is 1.74. The van der Waals surface area contributed by atoms with Gasteiger partial charge in [0.2, 0.25) is 0 Å². The molecule has 15 heavy (non-hydrogen) atoms. The van der Waals surface area contributed by atoms with Crippen LogP contribution in [-0.2, 0) is 0 Å². The smallest absolute Gasteiger partial charge is 0.276 e. The third kappa shape index (κ3) is 2.03. The van der Waals surface area contributed by atoms with Crippen molar-refractivity contribution in [2.75, 3.05) is 13.1 Å². The second kappa shape index (κ2) is 4.04. The number of aromatic nitrogens is 1. The molecule has 1 saturated heterocycles. The standard InChI is InChI=1S/C11H16N2O2/c1-8(2)10-7-9(12-15-10)11(14)13-5-3-4-6-13/h7-8H,3-6H2,1-2H3. The van der Waals surface area contributed by atoms with E-state index < -0.39 is 0 Å². The molecule has 0 aliphatic carbocycles. The van der Waals surface area contributed by atoms with Gasteiger partial charge < -0.3 is 9.42 Å². The molecule has 0 aromatic carbocycles. The first kappa shape index (κ1) is 10.2. The minimum absolute atomic E-state index is 0.00292. The van der Waals surface area contributed by atoms with Gasteiger partial charge in [-0.25, -0.2) is 0 Å². The lowest BCUT2D eigenvalue weighted by atomic mass is 10.1. The fourth-order valence-electron chi connectivity index (χ4n) is 1.74. The SMILES string of the molecule is CC(C)c1cc(C(=O)N2CCCC2)no1. The van der Waals surface area contributed by atoms with Crippen molar-refractivity contribution < 1.29 is 9.32 Å². The van der Waals surface area contributed by atoms with Gasteiger partial charge >= 0.3 is 0 Å². The van der Waals surface area contributed by atoms with Gasteiger partial charge in [-0.3, -0.25) is 4.79 Å². The van der Waals surface area contributed by atoms with Crippen molar-refractivity contribution in [1.29, 1.82) is 0 Å². The third-order valence-electron chi connectivity index (χ3n) is 2.71. The average molecular weight is 208 g/mol. The first-order valence-electron chi connectivity index (χ1n) is 5.44. The van der Waals surface area contributed by atoms with Crippen LogP contribution in [-0.4, -0.2) is 29.1 Å². The summed E-state index contributed by atoms with van der Waals surface area (Å²) in [6, 6.07) is 1.76. The van der Waals surface area contributed by atoms with Crippen LogP contribution in [0.15, 0.2) is 10.6 Å². The number of likely N-dealkylation sites (tertiary alicyclic amines) is 1. The molecule has 1 aromatic rings. The Morgan fingerprint density at radius 2 is 2.13 bits per heavy atom. The Bertz CT molecular complexity index is 351. The quantitative estimate of drug-likeness (QED) is 0.747. The van der Waals surface area contributed by atoms with Gasteiger partial charge in [-0.05, 0) is 12.8 Å². The summed E-state index contributed by atoms with van der Waals surface area (Å²) in [6.07, 6.45) is 2.20. The molecule has 0 spiro atoms. The van der Waals surface area contributed by atoms with E-state index >= 15 is 0 Å². The highest BCUT2D eigenvalue weighted by Crippen LogP contribution is 2.17. The molecule has 0 saturated carbocycles. The largest absolute Gasteiger partial charge is 0.360 e. The molecule has 2 heterocycles. The van der Waals surface area contributed by atoms with E-state index in [1.54, 1.807) is 6.07 Å². The van der Waals surface area contributed by atoms with Crippen LogP contribution < -0.4 is 0 Å². The zero-order chi connectivity index (χ0) is 10.8. The van der Waals surface area contributed by atoms with Crippen LogP contribution in [0.5, 0.6) is 0 Å². The molecule has 1 aliphatic heterocycles. The zero-order valence-electron chi connectivity index (χ0n) is 9.19. The molecule has 0 unspecified atom stereocenters. The molecule has 0 N–H and O–H groups in total. The van der Waals surface area contributed by atoms with Crippen molar-refractivity contribution in [1.82, 2.24) is 10.1 Å². The summed E-state index contributed by atoms with van der Waals surface area (Å²) in [4.78, 5) is 13.7. The maximum absolute atomic E-state index is 11.9. The summed E-state index contributed by atoms with van der Waals surface area (Å²) in [6.45, 7) is 5.74. The highest BCUT2D eigenvalue weighted by molar-refractivity contribution is 5.92. The molecule has 1 aromatic heterocycles. The van der Waals surface area contributed by atoms with Crippen molar-refractivity contribution in [3.63, 3.8) is 0 Å². The lowest BCUT2D eigenvalue weighted by molar-refractivity contribution is 0.0782. The number of rotatable bonds is 2. The van der Waals surface area contributed by atoms with E-state index in [4.69, 9.17) is 4.52 Å². The Morgan fingerprint density at radius 3 is 2.67 bits per heavy atom. The van der Waals surface area contributed by atoms with Crippen molar-refractivity contribution in [3.05, 3.63) is 17.5 Å². The molecule has 2 rings (SSSR count). The van der Waals surface area contributed by atoms with E-state index in [0.29, 0.717) is 5.69 Å². The number of carbonyl (C=O) groups excluding carboxylic acids is 1.